The van der Waals surface area contributed by atoms with E-state index in [0.29, 0.717) is 18.4 Å². The summed E-state index contributed by atoms with van der Waals surface area (Å²) in [7, 11) is 0. The number of rotatable bonds is 19. The van der Waals surface area contributed by atoms with Gasteiger partial charge in [-0.1, -0.05) is 79.0 Å². The third-order valence-electron chi connectivity index (χ3n) is 7.94. The lowest BCUT2D eigenvalue weighted by Gasteiger charge is -2.12. The molecular weight excluding hydrogens is 532 g/mol. The molecule has 2 atom stereocenters. The van der Waals surface area contributed by atoms with Gasteiger partial charge >= 0.3 is 0 Å². The summed E-state index contributed by atoms with van der Waals surface area (Å²) in [5, 5.41) is 0. The van der Waals surface area contributed by atoms with Crippen molar-refractivity contribution in [1.82, 2.24) is 9.55 Å². The molecule has 0 saturated heterocycles. The number of hydrogen-bond acceptors (Lipinski definition) is 4. The van der Waals surface area contributed by atoms with Crippen LogP contribution in [0.3, 0.4) is 0 Å². The first-order chi connectivity index (χ1) is 20.9. The van der Waals surface area contributed by atoms with E-state index in [2.05, 4.69) is 95.5 Å². The van der Waals surface area contributed by atoms with E-state index in [1.54, 1.807) is 6.26 Å². The zero-order chi connectivity index (χ0) is 31.0. The van der Waals surface area contributed by atoms with E-state index in [-0.39, 0.29) is 0 Å². The summed E-state index contributed by atoms with van der Waals surface area (Å²) in [6, 6.07) is 14.7. The number of aromatic nitrogens is 2. The summed E-state index contributed by atoms with van der Waals surface area (Å²) in [5.74, 6) is 4.66. The zero-order valence-electron chi connectivity index (χ0n) is 27.7. The highest BCUT2D eigenvalue weighted by Gasteiger charge is 2.14. The highest BCUT2D eigenvalue weighted by Crippen LogP contribution is 2.30. The molecule has 3 aromatic rings. The number of imidazole rings is 1. The number of allylic oxidation sites excluding steroid dienone is 4. The highest BCUT2D eigenvalue weighted by molar-refractivity contribution is 5.81. The normalized spacial score (nSPS) is 13.9. The molecule has 0 aliphatic heterocycles. The van der Waals surface area contributed by atoms with E-state index in [1.165, 1.54) is 24.8 Å². The molecule has 2 unspecified atom stereocenters. The predicted octanol–water partition coefficient (Wildman–Crippen LogP) is 11.2. The molecule has 0 radical (unpaired) electrons. The van der Waals surface area contributed by atoms with Gasteiger partial charge in [0.2, 0.25) is 0 Å². The van der Waals surface area contributed by atoms with Gasteiger partial charge in [-0.25, -0.2) is 4.98 Å². The van der Waals surface area contributed by atoms with Gasteiger partial charge in [0.15, 0.2) is 0 Å². The second kappa shape index (κ2) is 18.3. The summed E-state index contributed by atoms with van der Waals surface area (Å²) < 4.78 is 20.4. The van der Waals surface area contributed by atoms with Crippen LogP contribution in [-0.4, -0.2) is 22.8 Å². The van der Waals surface area contributed by atoms with Crippen LogP contribution in [0, 0.1) is 5.92 Å². The zero-order valence-corrected chi connectivity index (χ0v) is 27.7. The topological polar surface area (TPSA) is 45.5 Å². The van der Waals surface area contributed by atoms with Gasteiger partial charge in [-0.2, -0.15) is 0 Å². The molecule has 0 saturated carbocycles. The van der Waals surface area contributed by atoms with Crippen molar-refractivity contribution in [2.24, 2.45) is 5.92 Å². The van der Waals surface area contributed by atoms with Gasteiger partial charge in [0.05, 0.1) is 30.5 Å². The molecule has 234 valence electrons. The van der Waals surface area contributed by atoms with E-state index in [1.807, 2.05) is 18.2 Å². The van der Waals surface area contributed by atoms with Crippen molar-refractivity contribution in [1.29, 1.82) is 0 Å². The van der Waals surface area contributed by atoms with Crippen LogP contribution in [-0.2, 0) is 16.0 Å². The minimum Gasteiger partial charge on any atom is -0.501 e. The minimum absolute atomic E-state index is 0.561. The summed E-state index contributed by atoms with van der Waals surface area (Å²) in [5.41, 5.74) is 4.49. The maximum absolute atomic E-state index is 6.30. The average molecular weight is 587 g/mol. The van der Waals surface area contributed by atoms with Gasteiger partial charge in [-0.15, -0.1) is 0 Å². The largest absolute Gasteiger partial charge is 0.501 e. The first-order valence-corrected chi connectivity index (χ1v) is 16.5. The Labute approximate surface area is 260 Å². The highest BCUT2D eigenvalue weighted by atomic mass is 16.5. The Balaban J connectivity index is 1.84. The minimum atomic E-state index is 0.561. The number of benzene rings is 2. The van der Waals surface area contributed by atoms with Crippen LogP contribution in [0.25, 0.3) is 16.6 Å². The second-order valence-corrected chi connectivity index (χ2v) is 11.7. The lowest BCUT2D eigenvalue weighted by Crippen LogP contribution is -2.02. The monoisotopic (exact) mass is 586 g/mol. The van der Waals surface area contributed by atoms with Crippen molar-refractivity contribution in [3.8, 4) is 11.5 Å². The Morgan fingerprint density at radius 1 is 0.884 bits per heavy atom. The van der Waals surface area contributed by atoms with E-state index >= 15 is 0 Å². The molecule has 2 aromatic carbocycles. The number of aryl methyl sites for hydroxylation is 1. The molecule has 0 fully saturated rings. The molecule has 0 amide bonds. The SMILES string of the molecule is CCCCn1c(/C(C)=C/C=C(\C=C\OCCC(C)CC)OCCC)nc2ccc(Oc3ccc(C(C)CCC)cc3)cc21. The van der Waals surface area contributed by atoms with Gasteiger partial charge in [-0.05, 0) is 85.9 Å². The molecule has 5 heteroatoms. The van der Waals surface area contributed by atoms with Crippen LogP contribution in [0.2, 0.25) is 0 Å². The molecule has 0 spiro atoms. The van der Waals surface area contributed by atoms with Crippen LogP contribution in [0.1, 0.15) is 111 Å². The fourth-order valence-electron chi connectivity index (χ4n) is 4.92. The van der Waals surface area contributed by atoms with Crippen molar-refractivity contribution in [2.75, 3.05) is 13.2 Å². The number of hydrogen-bond donors (Lipinski definition) is 0. The van der Waals surface area contributed by atoms with E-state index in [9.17, 15) is 0 Å². The van der Waals surface area contributed by atoms with Crippen LogP contribution >= 0.6 is 0 Å². The molecule has 1 aromatic heterocycles. The van der Waals surface area contributed by atoms with Crippen LogP contribution < -0.4 is 4.74 Å². The van der Waals surface area contributed by atoms with Crippen molar-refractivity contribution in [3.05, 3.63) is 84.1 Å². The van der Waals surface area contributed by atoms with Crippen molar-refractivity contribution >= 4 is 16.6 Å². The molecule has 43 heavy (non-hydrogen) atoms. The Morgan fingerprint density at radius 2 is 1.65 bits per heavy atom. The van der Waals surface area contributed by atoms with Gasteiger partial charge < -0.3 is 18.8 Å². The summed E-state index contributed by atoms with van der Waals surface area (Å²) in [4.78, 5) is 5.04. The summed E-state index contributed by atoms with van der Waals surface area (Å²) in [6.45, 7) is 17.7. The van der Waals surface area contributed by atoms with Gasteiger partial charge in [0, 0.05) is 18.7 Å². The maximum Gasteiger partial charge on any atom is 0.136 e. The molecule has 1 heterocycles. The van der Waals surface area contributed by atoms with Gasteiger partial charge in [-0.3, -0.25) is 0 Å². The molecular formula is C38H54N2O3. The summed E-state index contributed by atoms with van der Waals surface area (Å²) in [6.07, 6.45) is 15.5. The lowest BCUT2D eigenvalue weighted by molar-refractivity contribution is 0.209. The Hall–Kier alpha value is -3.47. The molecule has 0 bridgehead atoms. The number of ether oxygens (including phenoxy) is 3. The molecule has 3 rings (SSSR count). The van der Waals surface area contributed by atoms with E-state index in [4.69, 9.17) is 19.2 Å². The smallest absolute Gasteiger partial charge is 0.136 e. The van der Waals surface area contributed by atoms with E-state index < -0.39 is 0 Å². The van der Waals surface area contributed by atoms with Crippen LogP contribution in [0.5, 0.6) is 11.5 Å². The van der Waals surface area contributed by atoms with Crippen molar-refractivity contribution in [3.63, 3.8) is 0 Å². The molecule has 0 N–H and O–H groups in total. The standard InChI is InChI=1S/C38H54N2O3/c1-8-12-24-40-37-28-35(43-34-18-15-32(16-19-34)30(6)13-9-2)20-21-36(37)39-38(40)31(7)14-17-33(42-25-10-3)23-27-41-26-22-29(5)11-4/h14-21,23,27-30H,8-13,22,24-26H2,1-7H3/b27-23+,31-14+,33-17+. The fourth-order valence-corrected chi connectivity index (χ4v) is 4.92. The fraction of sp³-hybridized carbons (Fsp3) is 0.500. The number of unbranched alkanes of at least 4 members (excludes halogenated alkanes) is 1. The van der Waals surface area contributed by atoms with Crippen LogP contribution in [0.4, 0.5) is 0 Å². The lowest BCUT2D eigenvalue weighted by atomic mass is 9.97. The third kappa shape index (κ3) is 10.6. The Kier molecular flexibility index (Phi) is 14.4. The Morgan fingerprint density at radius 3 is 2.35 bits per heavy atom. The molecule has 0 aliphatic carbocycles. The van der Waals surface area contributed by atoms with Crippen molar-refractivity contribution < 1.29 is 14.2 Å². The van der Waals surface area contributed by atoms with Crippen LogP contribution in [0.15, 0.2) is 72.7 Å². The quantitative estimate of drug-likeness (QED) is 0.0796. The number of nitrogens with zero attached hydrogens (tertiary/aromatic N) is 2. The maximum atomic E-state index is 6.30. The molecule has 5 nitrogen and oxygen atoms in total. The average Bonchev–Trinajstić information content (AvgIpc) is 3.38. The number of fused-ring (bicyclic) bond motifs is 1. The van der Waals surface area contributed by atoms with Crippen molar-refractivity contribution in [2.45, 2.75) is 106 Å². The predicted molar refractivity (Wildman–Crippen MR) is 182 cm³/mol. The van der Waals surface area contributed by atoms with Gasteiger partial charge in [0.25, 0.3) is 0 Å². The molecule has 0 aliphatic rings. The Bertz CT molecular complexity index is 1330. The first kappa shape index (κ1) is 34.0. The summed E-state index contributed by atoms with van der Waals surface area (Å²) >= 11 is 0. The van der Waals surface area contributed by atoms with E-state index in [0.717, 1.165) is 78.5 Å². The van der Waals surface area contributed by atoms with Gasteiger partial charge in [0.1, 0.15) is 23.1 Å². The second-order valence-electron chi connectivity index (χ2n) is 11.7. The first-order valence-electron chi connectivity index (χ1n) is 16.5. The third-order valence-corrected chi connectivity index (χ3v) is 7.94.